The summed E-state index contributed by atoms with van der Waals surface area (Å²) in [6.45, 7) is 1.82. The lowest BCUT2D eigenvalue weighted by Crippen LogP contribution is -1.95. The molecule has 0 aliphatic rings. The second-order valence-corrected chi connectivity index (χ2v) is 4.83. The van der Waals surface area contributed by atoms with Crippen LogP contribution in [0.15, 0.2) is 46.9 Å². The van der Waals surface area contributed by atoms with Crippen LogP contribution >= 0.6 is 15.9 Å². The van der Waals surface area contributed by atoms with Crippen LogP contribution in [0.2, 0.25) is 0 Å². The van der Waals surface area contributed by atoms with Gasteiger partial charge in [0.2, 0.25) is 0 Å². The standard InChI is InChI=1S/C15H12BrFO2/c1-2-15(18)10-3-5-11(6-4-10)19-12-7-8-14(17)13(16)9-12/h3-9H,2H2,1H3. The second-order valence-electron chi connectivity index (χ2n) is 3.98. The lowest BCUT2D eigenvalue weighted by atomic mass is 10.1. The van der Waals surface area contributed by atoms with Gasteiger partial charge < -0.3 is 4.74 Å². The van der Waals surface area contributed by atoms with E-state index in [-0.39, 0.29) is 11.6 Å². The largest absolute Gasteiger partial charge is 0.457 e. The number of ether oxygens (including phenoxy) is 1. The maximum atomic E-state index is 13.1. The van der Waals surface area contributed by atoms with Crippen molar-refractivity contribution in [1.29, 1.82) is 0 Å². The Kier molecular flexibility index (Phi) is 4.32. The highest BCUT2D eigenvalue weighted by Crippen LogP contribution is 2.26. The molecule has 2 rings (SSSR count). The maximum Gasteiger partial charge on any atom is 0.162 e. The van der Waals surface area contributed by atoms with Crippen LogP contribution in [0.4, 0.5) is 4.39 Å². The van der Waals surface area contributed by atoms with Crippen molar-refractivity contribution in [2.24, 2.45) is 0 Å². The quantitative estimate of drug-likeness (QED) is 0.742. The van der Waals surface area contributed by atoms with Gasteiger partial charge >= 0.3 is 0 Å². The van der Waals surface area contributed by atoms with Crippen molar-refractivity contribution in [2.45, 2.75) is 13.3 Å². The number of ketones is 1. The normalized spacial score (nSPS) is 10.3. The molecule has 0 amide bonds. The highest BCUT2D eigenvalue weighted by Gasteiger charge is 2.05. The Labute approximate surface area is 119 Å². The number of Topliss-reactive ketones (excluding diaryl/α,β-unsaturated/α-hetero) is 1. The zero-order valence-corrected chi connectivity index (χ0v) is 11.9. The smallest absolute Gasteiger partial charge is 0.162 e. The topological polar surface area (TPSA) is 26.3 Å². The monoisotopic (exact) mass is 322 g/mol. The molecule has 0 saturated heterocycles. The second kappa shape index (κ2) is 5.97. The van der Waals surface area contributed by atoms with Gasteiger partial charge in [-0.15, -0.1) is 0 Å². The molecule has 0 unspecified atom stereocenters. The van der Waals surface area contributed by atoms with Crippen LogP contribution in [0.1, 0.15) is 23.7 Å². The minimum absolute atomic E-state index is 0.0936. The average molecular weight is 323 g/mol. The number of hydrogen-bond acceptors (Lipinski definition) is 2. The predicted molar refractivity (Wildman–Crippen MR) is 75.2 cm³/mol. The Morgan fingerprint density at radius 2 is 1.79 bits per heavy atom. The summed E-state index contributed by atoms with van der Waals surface area (Å²) in [5, 5.41) is 0. The van der Waals surface area contributed by atoms with Crippen LogP contribution in [-0.2, 0) is 0 Å². The molecule has 98 valence electrons. The summed E-state index contributed by atoms with van der Waals surface area (Å²) in [6.07, 6.45) is 0.477. The first-order valence-electron chi connectivity index (χ1n) is 5.86. The van der Waals surface area contributed by atoms with Gasteiger partial charge in [0.25, 0.3) is 0 Å². The highest BCUT2D eigenvalue weighted by molar-refractivity contribution is 9.10. The molecule has 2 aromatic rings. The average Bonchev–Trinajstić information content (AvgIpc) is 2.43. The fraction of sp³-hybridized carbons (Fsp3) is 0.133. The molecule has 4 heteroatoms. The van der Waals surface area contributed by atoms with Gasteiger partial charge in [-0.05, 0) is 58.4 Å². The predicted octanol–water partition coefficient (Wildman–Crippen LogP) is 4.97. The molecule has 0 aliphatic carbocycles. The van der Waals surface area contributed by atoms with E-state index in [1.807, 2.05) is 6.92 Å². The molecule has 0 radical (unpaired) electrons. The maximum absolute atomic E-state index is 13.1. The minimum Gasteiger partial charge on any atom is -0.457 e. The first kappa shape index (κ1) is 13.7. The van der Waals surface area contributed by atoms with Crippen LogP contribution in [0.5, 0.6) is 11.5 Å². The zero-order valence-electron chi connectivity index (χ0n) is 10.3. The number of carbonyl (C=O) groups is 1. The van der Waals surface area contributed by atoms with Crippen LogP contribution in [0.25, 0.3) is 0 Å². The van der Waals surface area contributed by atoms with Gasteiger partial charge in [-0.25, -0.2) is 4.39 Å². The molecule has 0 fully saturated rings. The van der Waals surface area contributed by atoms with Crippen LogP contribution in [0, 0.1) is 5.82 Å². The molecular weight excluding hydrogens is 311 g/mol. The molecule has 19 heavy (non-hydrogen) atoms. The van der Waals surface area contributed by atoms with Crippen LogP contribution < -0.4 is 4.74 Å². The first-order valence-corrected chi connectivity index (χ1v) is 6.65. The Morgan fingerprint density at radius 3 is 2.37 bits per heavy atom. The van der Waals surface area contributed by atoms with Crippen molar-refractivity contribution < 1.29 is 13.9 Å². The van der Waals surface area contributed by atoms with Crippen LogP contribution in [0.3, 0.4) is 0 Å². The summed E-state index contributed by atoms with van der Waals surface area (Å²) >= 11 is 3.10. The number of carbonyl (C=O) groups excluding carboxylic acids is 1. The van der Waals surface area contributed by atoms with Gasteiger partial charge in [0.15, 0.2) is 5.78 Å². The van der Waals surface area contributed by atoms with E-state index < -0.39 is 0 Å². The van der Waals surface area contributed by atoms with Crippen LogP contribution in [-0.4, -0.2) is 5.78 Å². The Hall–Kier alpha value is -1.68. The summed E-state index contributed by atoms with van der Waals surface area (Å²) in [6, 6.07) is 11.3. The van der Waals surface area contributed by atoms with E-state index in [1.54, 1.807) is 36.4 Å². The van der Waals surface area contributed by atoms with Crippen molar-refractivity contribution >= 4 is 21.7 Å². The summed E-state index contributed by atoms with van der Waals surface area (Å²) < 4.78 is 19.0. The van der Waals surface area contributed by atoms with Gasteiger partial charge in [-0.1, -0.05) is 6.92 Å². The third-order valence-corrected chi connectivity index (χ3v) is 3.23. The Balaban J connectivity index is 2.15. The first-order chi connectivity index (χ1) is 9.10. The molecule has 0 N–H and O–H groups in total. The molecule has 2 aromatic carbocycles. The van der Waals surface area contributed by atoms with Crippen molar-refractivity contribution in [3.8, 4) is 11.5 Å². The fourth-order valence-corrected chi connectivity index (χ4v) is 1.95. The summed E-state index contributed by atoms with van der Waals surface area (Å²) in [7, 11) is 0. The number of halogens is 2. The van der Waals surface area contributed by atoms with Gasteiger partial charge in [-0.2, -0.15) is 0 Å². The van der Waals surface area contributed by atoms with E-state index in [1.165, 1.54) is 6.07 Å². The van der Waals surface area contributed by atoms with Crippen molar-refractivity contribution in [2.75, 3.05) is 0 Å². The minimum atomic E-state index is -0.337. The van der Waals surface area contributed by atoms with Gasteiger partial charge in [0.05, 0.1) is 4.47 Å². The zero-order chi connectivity index (χ0) is 13.8. The summed E-state index contributed by atoms with van der Waals surface area (Å²) in [4.78, 5) is 11.5. The van der Waals surface area contributed by atoms with Crippen molar-refractivity contribution in [1.82, 2.24) is 0 Å². The third kappa shape index (κ3) is 3.41. The number of hydrogen-bond donors (Lipinski definition) is 0. The van der Waals surface area contributed by atoms with E-state index >= 15 is 0 Å². The molecule has 2 nitrogen and oxygen atoms in total. The van der Waals surface area contributed by atoms with E-state index in [0.717, 1.165) is 0 Å². The van der Waals surface area contributed by atoms with E-state index in [2.05, 4.69) is 15.9 Å². The van der Waals surface area contributed by atoms with Crippen molar-refractivity contribution in [3.63, 3.8) is 0 Å². The Morgan fingerprint density at radius 1 is 1.16 bits per heavy atom. The Bertz CT molecular complexity index is 594. The highest BCUT2D eigenvalue weighted by atomic mass is 79.9. The van der Waals surface area contributed by atoms with E-state index in [4.69, 9.17) is 4.74 Å². The molecule has 0 aliphatic heterocycles. The van der Waals surface area contributed by atoms with Gasteiger partial charge in [0, 0.05) is 12.0 Å². The summed E-state index contributed by atoms with van der Waals surface area (Å²) in [5.41, 5.74) is 0.662. The van der Waals surface area contributed by atoms with E-state index in [9.17, 15) is 9.18 Å². The number of rotatable bonds is 4. The fourth-order valence-electron chi connectivity index (χ4n) is 1.59. The number of benzene rings is 2. The molecule has 0 bridgehead atoms. The third-order valence-electron chi connectivity index (χ3n) is 2.62. The van der Waals surface area contributed by atoms with E-state index in [0.29, 0.717) is 28.0 Å². The SMILES string of the molecule is CCC(=O)c1ccc(Oc2ccc(F)c(Br)c2)cc1. The van der Waals surface area contributed by atoms with Gasteiger partial charge in [0.1, 0.15) is 17.3 Å². The summed E-state index contributed by atoms with van der Waals surface area (Å²) in [5.74, 6) is 0.890. The molecule has 0 aromatic heterocycles. The molecule has 0 saturated carbocycles. The lowest BCUT2D eigenvalue weighted by molar-refractivity contribution is 0.0988. The molecule has 0 spiro atoms. The molecule has 0 heterocycles. The molecule has 0 atom stereocenters. The molecular formula is C15H12BrFO2. The lowest BCUT2D eigenvalue weighted by Gasteiger charge is -2.07. The van der Waals surface area contributed by atoms with Crippen molar-refractivity contribution in [3.05, 3.63) is 58.3 Å². The van der Waals surface area contributed by atoms with Gasteiger partial charge in [-0.3, -0.25) is 4.79 Å².